The summed E-state index contributed by atoms with van der Waals surface area (Å²) < 4.78 is 53.8. The van der Waals surface area contributed by atoms with E-state index in [-0.39, 0.29) is 24.0 Å². The maximum Gasteiger partial charge on any atom is 0.410 e. The van der Waals surface area contributed by atoms with E-state index >= 15 is 0 Å². The van der Waals surface area contributed by atoms with Crippen LogP contribution >= 0.6 is 11.6 Å². The first kappa shape index (κ1) is 34.6. The summed E-state index contributed by atoms with van der Waals surface area (Å²) in [6, 6.07) is 21.7. The number of amides is 1. The molecule has 0 aliphatic carbocycles. The summed E-state index contributed by atoms with van der Waals surface area (Å²) in [7, 11) is -3.91. The lowest BCUT2D eigenvalue weighted by Crippen LogP contribution is -2.48. The summed E-state index contributed by atoms with van der Waals surface area (Å²) in [4.78, 5) is 14.6. The van der Waals surface area contributed by atoms with Crippen LogP contribution in [0.2, 0.25) is 5.02 Å². The molecular weight excluding hydrogens is 618 g/mol. The molecule has 0 N–H and O–H groups in total. The van der Waals surface area contributed by atoms with E-state index < -0.39 is 27.9 Å². The van der Waals surface area contributed by atoms with E-state index in [9.17, 15) is 13.2 Å². The fourth-order valence-electron chi connectivity index (χ4n) is 4.88. The van der Waals surface area contributed by atoms with Gasteiger partial charge in [-0.3, -0.25) is 4.18 Å². The zero-order valence-corrected chi connectivity index (χ0v) is 27.8. The van der Waals surface area contributed by atoms with Crippen LogP contribution in [0, 0.1) is 6.92 Å². The van der Waals surface area contributed by atoms with Crippen LogP contribution in [0.1, 0.15) is 50.7 Å². The zero-order chi connectivity index (χ0) is 32.5. The SMILES string of the molecule is Cc1ccc(S(=O)(=O)OCCOC2CN(C(=O)OC(C)(C)C)CCC2c2ccc(OCCCOc3ccccc3Cl)cc2)cc1. The molecule has 1 amide bonds. The van der Waals surface area contributed by atoms with Gasteiger partial charge in [-0.1, -0.05) is 53.6 Å². The van der Waals surface area contributed by atoms with E-state index in [0.29, 0.717) is 49.9 Å². The minimum Gasteiger partial charge on any atom is -0.493 e. The highest BCUT2D eigenvalue weighted by atomic mass is 35.5. The topological polar surface area (TPSA) is 101 Å². The van der Waals surface area contributed by atoms with Crippen molar-refractivity contribution in [2.24, 2.45) is 0 Å². The standard InChI is InChI=1S/C34H42ClNO8S/c1-25-10-16-28(17-11-25)45(38,39)43-23-22-42-32-24-36(33(37)44-34(2,3)4)19-18-29(32)26-12-14-27(15-13-26)40-20-7-21-41-31-9-6-5-8-30(31)35/h5-6,8-17,29,32H,7,18-24H2,1-4H3. The number of benzene rings is 3. The molecule has 0 spiro atoms. The lowest BCUT2D eigenvalue weighted by atomic mass is 9.87. The molecule has 3 aromatic carbocycles. The van der Waals surface area contributed by atoms with Crippen LogP contribution in [0.25, 0.3) is 0 Å². The van der Waals surface area contributed by atoms with Crippen LogP contribution in [-0.2, 0) is 23.8 Å². The minimum atomic E-state index is -3.91. The van der Waals surface area contributed by atoms with Crippen LogP contribution in [0.5, 0.6) is 11.5 Å². The van der Waals surface area contributed by atoms with Crippen molar-refractivity contribution in [2.45, 2.75) is 63.1 Å². The molecule has 0 saturated carbocycles. The first-order valence-electron chi connectivity index (χ1n) is 15.1. The van der Waals surface area contributed by atoms with Gasteiger partial charge in [0.05, 0.1) is 49.0 Å². The van der Waals surface area contributed by atoms with Crippen LogP contribution < -0.4 is 9.47 Å². The predicted molar refractivity (Wildman–Crippen MR) is 173 cm³/mol. The first-order chi connectivity index (χ1) is 21.4. The third kappa shape index (κ3) is 10.6. The number of aryl methyl sites for hydroxylation is 1. The molecule has 1 fully saturated rings. The van der Waals surface area contributed by atoms with Crippen molar-refractivity contribution in [3.8, 4) is 11.5 Å². The van der Waals surface area contributed by atoms with Crippen molar-refractivity contribution in [2.75, 3.05) is 39.5 Å². The molecule has 4 rings (SSSR count). The molecule has 3 aromatic rings. The smallest absolute Gasteiger partial charge is 0.410 e. The Labute approximate surface area is 271 Å². The number of para-hydroxylation sites is 1. The fourth-order valence-corrected chi connectivity index (χ4v) is 5.96. The van der Waals surface area contributed by atoms with Gasteiger partial charge in [0.2, 0.25) is 0 Å². The molecule has 2 unspecified atom stereocenters. The van der Waals surface area contributed by atoms with Gasteiger partial charge in [-0.2, -0.15) is 8.42 Å². The maximum atomic E-state index is 12.8. The third-order valence-electron chi connectivity index (χ3n) is 7.13. The molecule has 244 valence electrons. The lowest BCUT2D eigenvalue weighted by molar-refractivity contribution is -0.0354. The highest BCUT2D eigenvalue weighted by Crippen LogP contribution is 2.32. The second kappa shape index (κ2) is 15.8. The van der Waals surface area contributed by atoms with Gasteiger partial charge < -0.3 is 23.8 Å². The Kier molecular flexibility index (Phi) is 12.1. The highest BCUT2D eigenvalue weighted by molar-refractivity contribution is 7.86. The van der Waals surface area contributed by atoms with Gasteiger partial charge in [-0.25, -0.2) is 4.79 Å². The molecule has 0 aromatic heterocycles. The number of hydrogen-bond donors (Lipinski definition) is 0. The third-order valence-corrected chi connectivity index (χ3v) is 8.77. The molecule has 1 aliphatic heterocycles. The summed E-state index contributed by atoms with van der Waals surface area (Å²) >= 11 is 6.13. The lowest BCUT2D eigenvalue weighted by Gasteiger charge is -2.39. The number of carbonyl (C=O) groups is 1. The zero-order valence-electron chi connectivity index (χ0n) is 26.2. The number of hydrogen-bond acceptors (Lipinski definition) is 8. The van der Waals surface area contributed by atoms with Gasteiger partial charge >= 0.3 is 6.09 Å². The fraction of sp³-hybridized carbons (Fsp3) is 0.441. The average molecular weight is 660 g/mol. The van der Waals surface area contributed by atoms with Crippen molar-refractivity contribution in [1.82, 2.24) is 4.90 Å². The molecule has 11 heteroatoms. The van der Waals surface area contributed by atoms with Crippen molar-refractivity contribution >= 4 is 27.8 Å². The van der Waals surface area contributed by atoms with Crippen molar-refractivity contribution in [3.05, 3.63) is 88.9 Å². The van der Waals surface area contributed by atoms with E-state index in [1.165, 1.54) is 12.1 Å². The second-order valence-electron chi connectivity index (χ2n) is 11.9. The number of ether oxygens (including phenoxy) is 4. The van der Waals surface area contributed by atoms with Crippen LogP contribution in [-0.4, -0.2) is 70.6 Å². The molecule has 0 bridgehead atoms. The molecular formula is C34H42ClNO8S. The van der Waals surface area contributed by atoms with Crippen molar-refractivity contribution < 1.29 is 36.3 Å². The Morgan fingerprint density at radius 3 is 2.29 bits per heavy atom. The summed E-state index contributed by atoms with van der Waals surface area (Å²) in [6.07, 6.45) is 0.528. The van der Waals surface area contributed by atoms with Crippen LogP contribution in [0.15, 0.2) is 77.7 Å². The Morgan fingerprint density at radius 2 is 1.60 bits per heavy atom. The Hall–Kier alpha value is -3.31. The van der Waals surface area contributed by atoms with E-state index in [2.05, 4.69) is 0 Å². The summed E-state index contributed by atoms with van der Waals surface area (Å²) in [5.74, 6) is 1.35. The average Bonchev–Trinajstić information content (AvgIpc) is 3.00. The number of carbonyl (C=O) groups excluding carboxylic acids is 1. The normalized spacial score (nSPS) is 17.1. The molecule has 0 radical (unpaired) electrons. The minimum absolute atomic E-state index is 0.0320. The Balaban J connectivity index is 1.33. The van der Waals surface area contributed by atoms with Gasteiger partial charge in [-0.05, 0) is 76.1 Å². The van der Waals surface area contributed by atoms with E-state index in [1.807, 2.05) is 70.2 Å². The molecule has 2 atom stereocenters. The van der Waals surface area contributed by atoms with E-state index in [1.54, 1.807) is 23.1 Å². The number of likely N-dealkylation sites (tertiary alicyclic amines) is 1. The number of nitrogens with zero attached hydrogens (tertiary/aromatic N) is 1. The van der Waals surface area contributed by atoms with Crippen molar-refractivity contribution in [3.63, 3.8) is 0 Å². The van der Waals surface area contributed by atoms with Gasteiger partial charge in [0, 0.05) is 18.9 Å². The van der Waals surface area contributed by atoms with Gasteiger partial charge in [0.1, 0.15) is 17.1 Å². The predicted octanol–water partition coefficient (Wildman–Crippen LogP) is 7.01. The van der Waals surface area contributed by atoms with Gasteiger partial charge in [0.25, 0.3) is 10.1 Å². The Morgan fingerprint density at radius 1 is 0.911 bits per heavy atom. The molecule has 1 aliphatic rings. The first-order valence-corrected chi connectivity index (χ1v) is 16.9. The summed E-state index contributed by atoms with van der Waals surface area (Å²) in [5.41, 5.74) is 1.36. The number of halogens is 1. The maximum absolute atomic E-state index is 12.8. The van der Waals surface area contributed by atoms with Crippen LogP contribution in [0.4, 0.5) is 4.79 Å². The molecule has 9 nitrogen and oxygen atoms in total. The summed E-state index contributed by atoms with van der Waals surface area (Å²) in [6.45, 7) is 9.00. The van der Waals surface area contributed by atoms with Crippen molar-refractivity contribution in [1.29, 1.82) is 0 Å². The van der Waals surface area contributed by atoms with E-state index in [4.69, 9.17) is 34.7 Å². The second-order valence-corrected chi connectivity index (χ2v) is 13.9. The number of piperidine rings is 1. The largest absolute Gasteiger partial charge is 0.493 e. The molecule has 45 heavy (non-hydrogen) atoms. The molecule has 1 saturated heterocycles. The quantitative estimate of drug-likeness (QED) is 0.143. The monoisotopic (exact) mass is 659 g/mol. The van der Waals surface area contributed by atoms with E-state index in [0.717, 1.165) is 16.9 Å². The van der Waals surface area contributed by atoms with Gasteiger partial charge in [0.15, 0.2) is 0 Å². The van der Waals surface area contributed by atoms with Gasteiger partial charge in [-0.15, -0.1) is 0 Å². The highest BCUT2D eigenvalue weighted by Gasteiger charge is 2.35. The number of rotatable bonds is 13. The summed E-state index contributed by atoms with van der Waals surface area (Å²) in [5, 5.41) is 0.577. The van der Waals surface area contributed by atoms with Crippen LogP contribution in [0.3, 0.4) is 0 Å². The molecule has 1 heterocycles. The Bertz CT molecular complexity index is 1490.